The summed E-state index contributed by atoms with van der Waals surface area (Å²) in [5, 5.41) is 12.9. The molecule has 2 atom stereocenters. The summed E-state index contributed by atoms with van der Waals surface area (Å²) in [5.74, 6) is 0.442. The molecule has 1 aliphatic carbocycles. The van der Waals surface area contributed by atoms with Gasteiger partial charge in [0, 0.05) is 17.8 Å². The maximum Gasteiger partial charge on any atom is 0.0587 e. The minimum absolute atomic E-state index is 0.170. The lowest BCUT2D eigenvalue weighted by molar-refractivity contribution is 0.199. The first-order valence-corrected chi connectivity index (χ1v) is 6.37. The predicted octanol–water partition coefficient (Wildman–Crippen LogP) is 1.86. The Kier molecular flexibility index (Phi) is 3.69. The van der Waals surface area contributed by atoms with E-state index < -0.39 is 0 Å². The number of hydrogen-bond donors (Lipinski definition) is 3. The van der Waals surface area contributed by atoms with Crippen molar-refractivity contribution in [1.29, 1.82) is 0 Å². The fraction of sp³-hybridized carbons (Fsp3) is 0.571. The third-order valence-corrected chi connectivity index (χ3v) is 3.66. The van der Waals surface area contributed by atoms with Gasteiger partial charge < -0.3 is 16.2 Å². The minimum Gasteiger partial charge on any atom is -0.399 e. The van der Waals surface area contributed by atoms with Gasteiger partial charge in [-0.05, 0) is 42.0 Å². The van der Waals surface area contributed by atoms with Crippen LogP contribution in [0.25, 0.3) is 0 Å². The molecule has 0 heterocycles. The first kappa shape index (κ1) is 12.4. The van der Waals surface area contributed by atoms with Crippen molar-refractivity contribution in [2.45, 2.75) is 38.8 Å². The fourth-order valence-electron chi connectivity index (χ4n) is 2.52. The zero-order valence-corrected chi connectivity index (χ0v) is 10.6. The summed E-state index contributed by atoms with van der Waals surface area (Å²) < 4.78 is 0. The standard InChI is InChI=1S/C14H22N2O/c1-9(2)14(8-17)16-13-6-3-10-7-11(15)4-5-12(10)13/h4-5,7,9,13-14,16-17H,3,6,8,15H2,1-2H3. The number of benzene rings is 1. The summed E-state index contributed by atoms with van der Waals surface area (Å²) in [6.45, 7) is 4.46. The molecule has 1 aliphatic rings. The highest BCUT2D eigenvalue weighted by molar-refractivity contribution is 5.47. The van der Waals surface area contributed by atoms with Crippen molar-refractivity contribution in [3.63, 3.8) is 0 Å². The molecule has 2 unspecified atom stereocenters. The van der Waals surface area contributed by atoms with Crippen molar-refractivity contribution in [3.8, 4) is 0 Å². The van der Waals surface area contributed by atoms with E-state index in [2.05, 4.69) is 31.3 Å². The average molecular weight is 234 g/mol. The average Bonchev–Trinajstić information content (AvgIpc) is 2.67. The van der Waals surface area contributed by atoms with Crippen LogP contribution in [0.5, 0.6) is 0 Å². The Hall–Kier alpha value is -1.06. The van der Waals surface area contributed by atoms with Gasteiger partial charge in [0.05, 0.1) is 6.61 Å². The van der Waals surface area contributed by atoms with Gasteiger partial charge in [-0.1, -0.05) is 19.9 Å². The summed E-state index contributed by atoms with van der Waals surface area (Å²) in [4.78, 5) is 0. The topological polar surface area (TPSA) is 58.3 Å². The largest absolute Gasteiger partial charge is 0.399 e. The highest BCUT2D eigenvalue weighted by Gasteiger charge is 2.25. The molecule has 2 rings (SSSR count). The number of hydrogen-bond acceptors (Lipinski definition) is 3. The number of rotatable bonds is 4. The number of fused-ring (bicyclic) bond motifs is 1. The molecule has 1 aromatic carbocycles. The van der Waals surface area contributed by atoms with Crippen LogP contribution in [-0.2, 0) is 6.42 Å². The maximum absolute atomic E-state index is 9.37. The van der Waals surface area contributed by atoms with Gasteiger partial charge in [-0.3, -0.25) is 0 Å². The molecule has 94 valence electrons. The van der Waals surface area contributed by atoms with E-state index in [1.807, 2.05) is 6.07 Å². The molecule has 0 saturated carbocycles. The van der Waals surface area contributed by atoms with Crippen LogP contribution in [0, 0.1) is 5.92 Å². The second-order valence-corrected chi connectivity index (χ2v) is 5.25. The molecule has 0 spiro atoms. The zero-order valence-electron chi connectivity index (χ0n) is 10.6. The van der Waals surface area contributed by atoms with Crippen molar-refractivity contribution in [3.05, 3.63) is 29.3 Å². The van der Waals surface area contributed by atoms with E-state index in [0.717, 1.165) is 18.5 Å². The maximum atomic E-state index is 9.37. The van der Waals surface area contributed by atoms with Gasteiger partial charge in [0.2, 0.25) is 0 Å². The van der Waals surface area contributed by atoms with Gasteiger partial charge in [0.25, 0.3) is 0 Å². The molecule has 0 aliphatic heterocycles. The monoisotopic (exact) mass is 234 g/mol. The summed E-state index contributed by atoms with van der Waals surface area (Å²) in [6.07, 6.45) is 2.18. The molecule has 1 aromatic rings. The summed E-state index contributed by atoms with van der Waals surface area (Å²) >= 11 is 0. The predicted molar refractivity (Wildman–Crippen MR) is 70.8 cm³/mol. The van der Waals surface area contributed by atoms with Crippen LogP contribution in [0.4, 0.5) is 5.69 Å². The van der Waals surface area contributed by atoms with Gasteiger partial charge in [0.15, 0.2) is 0 Å². The highest BCUT2D eigenvalue weighted by atomic mass is 16.3. The molecular formula is C14H22N2O. The SMILES string of the molecule is CC(C)C(CO)NC1CCc2cc(N)ccc21. The van der Waals surface area contributed by atoms with Gasteiger partial charge in [-0.15, -0.1) is 0 Å². The molecule has 17 heavy (non-hydrogen) atoms. The van der Waals surface area contributed by atoms with Crippen molar-refractivity contribution >= 4 is 5.69 Å². The van der Waals surface area contributed by atoms with Gasteiger partial charge in [-0.2, -0.15) is 0 Å². The molecule has 0 bridgehead atoms. The Morgan fingerprint density at radius 3 is 2.88 bits per heavy atom. The summed E-state index contributed by atoms with van der Waals surface area (Å²) in [5.41, 5.74) is 9.33. The second-order valence-electron chi connectivity index (χ2n) is 5.25. The molecule has 0 amide bonds. The van der Waals surface area contributed by atoms with E-state index in [4.69, 9.17) is 5.73 Å². The number of aliphatic hydroxyl groups excluding tert-OH is 1. The van der Waals surface area contributed by atoms with Gasteiger partial charge in [0.1, 0.15) is 0 Å². The normalized spacial score (nSPS) is 20.6. The fourth-order valence-corrected chi connectivity index (χ4v) is 2.52. The van der Waals surface area contributed by atoms with Gasteiger partial charge >= 0.3 is 0 Å². The number of nitrogens with one attached hydrogen (secondary N) is 1. The van der Waals surface area contributed by atoms with Crippen LogP contribution >= 0.6 is 0 Å². The molecule has 3 nitrogen and oxygen atoms in total. The Bertz CT molecular complexity index is 390. The summed E-state index contributed by atoms with van der Waals surface area (Å²) in [7, 11) is 0. The minimum atomic E-state index is 0.170. The van der Waals surface area contributed by atoms with E-state index in [-0.39, 0.29) is 12.6 Å². The molecule has 0 saturated heterocycles. The third-order valence-electron chi connectivity index (χ3n) is 3.66. The van der Waals surface area contributed by atoms with E-state index in [1.54, 1.807) is 0 Å². The highest BCUT2D eigenvalue weighted by Crippen LogP contribution is 2.32. The van der Waals surface area contributed by atoms with E-state index in [0.29, 0.717) is 12.0 Å². The first-order chi connectivity index (χ1) is 8.11. The summed E-state index contributed by atoms with van der Waals surface area (Å²) in [6, 6.07) is 6.68. The quantitative estimate of drug-likeness (QED) is 0.697. The van der Waals surface area contributed by atoms with Gasteiger partial charge in [-0.25, -0.2) is 0 Å². The number of nitrogens with two attached hydrogens (primary N) is 1. The van der Waals surface area contributed by atoms with Crippen LogP contribution in [0.15, 0.2) is 18.2 Å². The zero-order chi connectivity index (χ0) is 12.4. The number of aliphatic hydroxyl groups is 1. The van der Waals surface area contributed by atoms with Crippen LogP contribution in [-0.4, -0.2) is 17.8 Å². The van der Waals surface area contributed by atoms with Crippen LogP contribution < -0.4 is 11.1 Å². The second kappa shape index (κ2) is 5.07. The third kappa shape index (κ3) is 2.61. The number of aryl methyl sites for hydroxylation is 1. The number of anilines is 1. The lowest BCUT2D eigenvalue weighted by atomic mass is 10.0. The smallest absolute Gasteiger partial charge is 0.0587 e. The van der Waals surface area contributed by atoms with Crippen LogP contribution in [0.2, 0.25) is 0 Å². The van der Waals surface area contributed by atoms with E-state index in [9.17, 15) is 5.11 Å². The van der Waals surface area contributed by atoms with E-state index >= 15 is 0 Å². The molecule has 0 fully saturated rings. The van der Waals surface area contributed by atoms with Crippen LogP contribution in [0.3, 0.4) is 0 Å². The van der Waals surface area contributed by atoms with Crippen molar-refractivity contribution < 1.29 is 5.11 Å². The molecule has 0 radical (unpaired) electrons. The van der Waals surface area contributed by atoms with E-state index in [1.165, 1.54) is 11.1 Å². The Morgan fingerprint density at radius 2 is 2.24 bits per heavy atom. The molecule has 3 heteroatoms. The Morgan fingerprint density at radius 1 is 1.47 bits per heavy atom. The first-order valence-electron chi connectivity index (χ1n) is 6.37. The lowest BCUT2D eigenvalue weighted by Gasteiger charge is -2.25. The molecule has 4 N–H and O–H groups in total. The molecular weight excluding hydrogens is 212 g/mol. The Labute approximate surface area is 103 Å². The molecule has 0 aromatic heterocycles. The van der Waals surface area contributed by atoms with Crippen molar-refractivity contribution in [2.75, 3.05) is 12.3 Å². The van der Waals surface area contributed by atoms with Crippen LogP contribution in [0.1, 0.15) is 37.4 Å². The number of nitrogen functional groups attached to an aromatic ring is 1. The Balaban J connectivity index is 2.11. The van der Waals surface area contributed by atoms with Crippen molar-refractivity contribution in [1.82, 2.24) is 5.32 Å². The lowest BCUT2D eigenvalue weighted by Crippen LogP contribution is -2.38. The van der Waals surface area contributed by atoms with Crippen molar-refractivity contribution in [2.24, 2.45) is 5.92 Å².